The van der Waals surface area contributed by atoms with Crippen LogP contribution in [0.2, 0.25) is 0 Å². The largest absolute Gasteiger partial charge is 0.379 e. The van der Waals surface area contributed by atoms with E-state index in [0.717, 1.165) is 17.6 Å². The van der Waals surface area contributed by atoms with Crippen LogP contribution in [0.25, 0.3) is 0 Å². The Kier molecular flexibility index (Phi) is 12.1. The van der Waals surface area contributed by atoms with Crippen molar-refractivity contribution >= 4 is 35.1 Å². The van der Waals surface area contributed by atoms with E-state index in [2.05, 4.69) is 23.5 Å². The zero-order valence-corrected chi connectivity index (χ0v) is 13.2. The summed E-state index contributed by atoms with van der Waals surface area (Å²) in [5.41, 5.74) is 0. The molecule has 6 heteroatoms. The first kappa shape index (κ1) is 16.9. The topological polar surface area (TPSA) is 27.7 Å². The van der Waals surface area contributed by atoms with Gasteiger partial charge in [0.1, 0.15) is 0 Å². The second-order valence-electron chi connectivity index (χ2n) is 3.84. The third kappa shape index (κ3) is 9.75. The number of alkyl halides is 1. The minimum Gasteiger partial charge on any atom is -0.379 e. The molecule has 0 saturated carbocycles. The average molecular weight is 315 g/mol. The molecular formula is C12H23ClO3S2. The molecule has 0 amide bonds. The van der Waals surface area contributed by atoms with Crippen LogP contribution in [0.1, 0.15) is 12.8 Å². The highest BCUT2D eigenvalue weighted by Gasteiger charge is 2.13. The number of halogens is 1. The van der Waals surface area contributed by atoms with Gasteiger partial charge in [-0.15, -0.1) is 35.1 Å². The van der Waals surface area contributed by atoms with E-state index < -0.39 is 0 Å². The SMILES string of the molecule is ClCCOCCOCCOCCC1SCCCS1. The van der Waals surface area contributed by atoms with Crippen molar-refractivity contribution in [3.63, 3.8) is 0 Å². The van der Waals surface area contributed by atoms with Crippen LogP contribution in [0.4, 0.5) is 0 Å². The molecule has 3 nitrogen and oxygen atoms in total. The Bertz CT molecular complexity index is 181. The zero-order chi connectivity index (χ0) is 12.9. The van der Waals surface area contributed by atoms with Crippen LogP contribution >= 0.6 is 35.1 Å². The van der Waals surface area contributed by atoms with Gasteiger partial charge < -0.3 is 14.2 Å². The van der Waals surface area contributed by atoms with Crippen molar-refractivity contribution < 1.29 is 14.2 Å². The molecule has 0 aromatic carbocycles. The molecule has 1 heterocycles. The van der Waals surface area contributed by atoms with Gasteiger partial charge in [0.2, 0.25) is 0 Å². The summed E-state index contributed by atoms with van der Waals surface area (Å²) in [4.78, 5) is 0. The molecular weight excluding hydrogens is 292 g/mol. The quantitative estimate of drug-likeness (QED) is 0.432. The molecule has 108 valence electrons. The van der Waals surface area contributed by atoms with Gasteiger partial charge in [-0.3, -0.25) is 0 Å². The molecule has 0 radical (unpaired) electrons. The van der Waals surface area contributed by atoms with Crippen molar-refractivity contribution in [1.82, 2.24) is 0 Å². The van der Waals surface area contributed by atoms with E-state index in [9.17, 15) is 0 Å². The van der Waals surface area contributed by atoms with E-state index in [4.69, 9.17) is 25.8 Å². The van der Waals surface area contributed by atoms with E-state index in [1.165, 1.54) is 17.9 Å². The number of ether oxygens (including phenoxy) is 3. The predicted octanol–water partition coefficient (Wildman–Crippen LogP) is 2.86. The van der Waals surface area contributed by atoms with Crippen molar-refractivity contribution in [3.05, 3.63) is 0 Å². The minimum absolute atomic E-state index is 0.542. The Balaban J connectivity index is 1.73. The average Bonchev–Trinajstić information content (AvgIpc) is 2.42. The van der Waals surface area contributed by atoms with Crippen molar-refractivity contribution in [2.75, 3.05) is 57.0 Å². The molecule has 0 spiro atoms. The standard InChI is InChI=1S/C12H23ClO3S2/c13-3-5-15-7-9-16-8-6-14-4-2-12-17-10-1-11-18-12/h12H,1-11H2. The summed E-state index contributed by atoms with van der Waals surface area (Å²) in [5, 5.41) is 0. The molecule has 0 aliphatic carbocycles. The van der Waals surface area contributed by atoms with E-state index in [-0.39, 0.29) is 0 Å². The van der Waals surface area contributed by atoms with Crippen molar-refractivity contribution in [2.24, 2.45) is 0 Å². The fourth-order valence-electron chi connectivity index (χ4n) is 1.48. The lowest BCUT2D eigenvalue weighted by Gasteiger charge is -2.20. The Morgan fingerprint density at radius 3 is 2.00 bits per heavy atom. The molecule has 1 saturated heterocycles. The van der Waals surface area contributed by atoms with Crippen LogP contribution in [-0.2, 0) is 14.2 Å². The van der Waals surface area contributed by atoms with Gasteiger partial charge in [0.15, 0.2) is 0 Å². The lowest BCUT2D eigenvalue weighted by Crippen LogP contribution is -2.13. The molecule has 18 heavy (non-hydrogen) atoms. The van der Waals surface area contributed by atoms with Crippen LogP contribution < -0.4 is 0 Å². The van der Waals surface area contributed by atoms with Crippen LogP contribution in [0.15, 0.2) is 0 Å². The molecule has 0 bridgehead atoms. The van der Waals surface area contributed by atoms with E-state index in [1.54, 1.807) is 0 Å². The zero-order valence-electron chi connectivity index (χ0n) is 10.8. The number of rotatable bonds is 11. The number of hydrogen-bond acceptors (Lipinski definition) is 5. The fourth-order valence-corrected chi connectivity index (χ4v) is 4.41. The second kappa shape index (κ2) is 12.9. The first-order valence-electron chi connectivity index (χ1n) is 6.46. The van der Waals surface area contributed by atoms with Gasteiger partial charge in [0, 0.05) is 12.5 Å². The summed E-state index contributed by atoms with van der Waals surface area (Å²) in [7, 11) is 0. The maximum Gasteiger partial charge on any atom is 0.0701 e. The Morgan fingerprint density at radius 1 is 0.833 bits per heavy atom. The van der Waals surface area contributed by atoms with Crippen molar-refractivity contribution in [2.45, 2.75) is 17.4 Å². The Labute approximate surface area is 124 Å². The summed E-state index contributed by atoms with van der Waals surface area (Å²) < 4.78 is 16.8. The second-order valence-corrected chi connectivity index (χ2v) is 7.14. The summed E-state index contributed by atoms with van der Waals surface area (Å²) >= 11 is 9.61. The first-order chi connectivity index (χ1) is 8.93. The molecule has 1 aliphatic heterocycles. The third-order valence-corrected chi connectivity index (χ3v) is 5.59. The maximum atomic E-state index is 5.55. The monoisotopic (exact) mass is 314 g/mol. The highest BCUT2D eigenvalue weighted by atomic mass is 35.5. The summed E-state index contributed by atoms with van der Waals surface area (Å²) in [6.07, 6.45) is 2.50. The van der Waals surface area contributed by atoms with Crippen LogP contribution in [0.3, 0.4) is 0 Å². The van der Waals surface area contributed by atoms with Crippen molar-refractivity contribution in [3.8, 4) is 0 Å². The summed E-state index contributed by atoms with van der Waals surface area (Å²) in [5.74, 6) is 3.16. The highest BCUT2D eigenvalue weighted by molar-refractivity contribution is 8.17. The smallest absolute Gasteiger partial charge is 0.0701 e. The van der Waals surface area contributed by atoms with E-state index in [1.807, 2.05) is 0 Å². The normalized spacial score (nSPS) is 17.2. The summed E-state index contributed by atoms with van der Waals surface area (Å²) in [6, 6.07) is 0. The molecule has 1 aliphatic rings. The van der Waals surface area contributed by atoms with Gasteiger partial charge in [0.05, 0.1) is 37.6 Å². The molecule has 0 atom stereocenters. The number of hydrogen-bond donors (Lipinski definition) is 0. The van der Waals surface area contributed by atoms with Gasteiger partial charge in [0.25, 0.3) is 0 Å². The van der Waals surface area contributed by atoms with Gasteiger partial charge >= 0.3 is 0 Å². The first-order valence-corrected chi connectivity index (χ1v) is 9.09. The lowest BCUT2D eigenvalue weighted by molar-refractivity contribution is 0.0173. The molecule has 1 rings (SSSR count). The minimum atomic E-state index is 0.542. The lowest BCUT2D eigenvalue weighted by atomic mass is 10.5. The molecule has 0 aromatic heterocycles. The van der Waals surface area contributed by atoms with E-state index in [0.29, 0.717) is 38.9 Å². The number of thioether (sulfide) groups is 2. The third-order valence-electron chi connectivity index (χ3n) is 2.36. The van der Waals surface area contributed by atoms with Gasteiger partial charge in [-0.2, -0.15) is 0 Å². The van der Waals surface area contributed by atoms with Gasteiger partial charge in [-0.05, 0) is 24.3 Å². The fraction of sp³-hybridized carbons (Fsp3) is 1.00. The predicted molar refractivity (Wildman–Crippen MR) is 81.1 cm³/mol. The van der Waals surface area contributed by atoms with Crippen LogP contribution in [0.5, 0.6) is 0 Å². The van der Waals surface area contributed by atoms with Crippen molar-refractivity contribution in [1.29, 1.82) is 0 Å². The van der Waals surface area contributed by atoms with Gasteiger partial charge in [-0.25, -0.2) is 0 Å². The van der Waals surface area contributed by atoms with Crippen LogP contribution in [0, 0.1) is 0 Å². The van der Waals surface area contributed by atoms with Gasteiger partial charge in [-0.1, -0.05) is 0 Å². The highest BCUT2D eigenvalue weighted by Crippen LogP contribution is 2.32. The van der Waals surface area contributed by atoms with E-state index >= 15 is 0 Å². The van der Waals surface area contributed by atoms with Crippen LogP contribution in [-0.4, -0.2) is 61.6 Å². The Morgan fingerprint density at radius 2 is 1.39 bits per heavy atom. The molecule has 0 N–H and O–H groups in total. The Hall–Kier alpha value is 0.870. The molecule has 0 unspecified atom stereocenters. The maximum absolute atomic E-state index is 5.55. The molecule has 0 aromatic rings. The molecule has 1 fully saturated rings. The summed E-state index contributed by atoms with van der Waals surface area (Å²) in [6.45, 7) is 4.00.